The van der Waals surface area contributed by atoms with Crippen molar-refractivity contribution >= 4 is 5.78 Å². The van der Waals surface area contributed by atoms with Crippen LogP contribution >= 0.6 is 0 Å². The molecule has 0 aliphatic carbocycles. The van der Waals surface area contributed by atoms with Crippen molar-refractivity contribution in [2.45, 2.75) is 19.3 Å². The van der Waals surface area contributed by atoms with Gasteiger partial charge in [-0.1, -0.05) is 30.3 Å². The fourth-order valence-electron chi connectivity index (χ4n) is 2.02. The second-order valence-electron chi connectivity index (χ2n) is 4.65. The zero-order valence-electron chi connectivity index (χ0n) is 11.4. The topological polar surface area (TPSA) is 26.3 Å². The van der Waals surface area contributed by atoms with Crippen LogP contribution < -0.4 is 4.74 Å². The molecule has 0 N–H and O–H groups in total. The summed E-state index contributed by atoms with van der Waals surface area (Å²) in [5.41, 5.74) is 1.54. The van der Waals surface area contributed by atoms with E-state index in [4.69, 9.17) is 4.74 Å². The first-order chi connectivity index (χ1) is 9.69. The van der Waals surface area contributed by atoms with Crippen LogP contribution in [0.3, 0.4) is 0 Å². The number of carbonyl (C=O) groups is 1. The molecule has 0 heterocycles. The highest BCUT2D eigenvalue weighted by atomic mass is 19.1. The van der Waals surface area contributed by atoms with Crippen LogP contribution in [-0.2, 0) is 17.6 Å². The molecule has 3 heteroatoms. The summed E-state index contributed by atoms with van der Waals surface area (Å²) < 4.78 is 18.5. The molecular formula is C17H17FO2. The van der Waals surface area contributed by atoms with Gasteiger partial charge >= 0.3 is 0 Å². The summed E-state index contributed by atoms with van der Waals surface area (Å²) in [4.78, 5) is 11.9. The first-order valence-electron chi connectivity index (χ1n) is 6.57. The Kier molecular flexibility index (Phi) is 4.88. The molecule has 0 amide bonds. The number of benzene rings is 2. The second-order valence-corrected chi connectivity index (χ2v) is 4.65. The Morgan fingerprint density at radius 1 is 1.10 bits per heavy atom. The predicted octanol–water partition coefficient (Wildman–Crippen LogP) is 3.58. The summed E-state index contributed by atoms with van der Waals surface area (Å²) in [6, 6.07) is 14.0. The molecule has 2 aromatic carbocycles. The second kappa shape index (κ2) is 6.85. The van der Waals surface area contributed by atoms with E-state index in [-0.39, 0.29) is 18.0 Å². The van der Waals surface area contributed by atoms with E-state index < -0.39 is 0 Å². The minimum Gasteiger partial charge on any atom is -0.497 e. The molecule has 0 aliphatic heterocycles. The van der Waals surface area contributed by atoms with Crippen molar-refractivity contribution in [2.24, 2.45) is 0 Å². The lowest BCUT2D eigenvalue weighted by Crippen LogP contribution is -2.05. The Bertz CT molecular complexity index is 576. The van der Waals surface area contributed by atoms with Crippen molar-refractivity contribution in [3.63, 3.8) is 0 Å². The molecule has 2 rings (SSSR count). The lowest BCUT2D eigenvalue weighted by atomic mass is 10.0. The van der Waals surface area contributed by atoms with E-state index in [1.165, 1.54) is 6.07 Å². The molecule has 0 saturated heterocycles. The molecular weight excluding hydrogens is 255 g/mol. The maximum Gasteiger partial charge on any atom is 0.137 e. The van der Waals surface area contributed by atoms with E-state index >= 15 is 0 Å². The Morgan fingerprint density at radius 3 is 2.45 bits per heavy atom. The molecule has 0 aliphatic rings. The van der Waals surface area contributed by atoms with Crippen molar-refractivity contribution in [3.8, 4) is 5.75 Å². The Balaban J connectivity index is 1.87. The van der Waals surface area contributed by atoms with Gasteiger partial charge in [-0.05, 0) is 35.7 Å². The van der Waals surface area contributed by atoms with Crippen LogP contribution in [0, 0.1) is 5.82 Å². The van der Waals surface area contributed by atoms with Crippen molar-refractivity contribution < 1.29 is 13.9 Å². The molecule has 0 radical (unpaired) electrons. The average molecular weight is 272 g/mol. The molecule has 2 nitrogen and oxygen atoms in total. The molecule has 2 aromatic rings. The fourth-order valence-corrected chi connectivity index (χ4v) is 2.02. The fraction of sp³-hybridized carbons (Fsp3) is 0.235. The third-order valence-electron chi connectivity index (χ3n) is 3.20. The van der Waals surface area contributed by atoms with Crippen molar-refractivity contribution in [3.05, 3.63) is 65.5 Å². The third-order valence-corrected chi connectivity index (χ3v) is 3.20. The summed E-state index contributed by atoms with van der Waals surface area (Å²) in [6.45, 7) is 0. The van der Waals surface area contributed by atoms with Crippen LogP contribution in [0.4, 0.5) is 4.39 Å². The van der Waals surface area contributed by atoms with E-state index in [0.29, 0.717) is 18.4 Å². The first-order valence-corrected chi connectivity index (χ1v) is 6.57. The maximum atomic E-state index is 13.4. The lowest BCUT2D eigenvalue weighted by molar-refractivity contribution is -0.118. The Hall–Kier alpha value is -2.16. The molecule has 0 bridgehead atoms. The van der Waals surface area contributed by atoms with Crippen LogP contribution in [-0.4, -0.2) is 12.9 Å². The molecule has 0 fully saturated rings. The van der Waals surface area contributed by atoms with Gasteiger partial charge in [0.05, 0.1) is 7.11 Å². The van der Waals surface area contributed by atoms with Gasteiger partial charge in [-0.15, -0.1) is 0 Å². The monoisotopic (exact) mass is 272 g/mol. The lowest BCUT2D eigenvalue weighted by Gasteiger charge is -2.04. The number of Topliss-reactive ketones (excluding diaryl/α,β-unsaturated/α-hetero) is 1. The summed E-state index contributed by atoms with van der Waals surface area (Å²) in [6.07, 6.45) is 1.24. The van der Waals surface area contributed by atoms with E-state index in [2.05, 4.69) is 0 Å². The molecule has 0 unspecified atom stereocenters. The van der Waals surface area contributed by atoms with Gasteiger partial charge in [-0.3, -0.25) is 4.79 Å². The van der Waals surface area contributed by atoms with Crippen LogP contribution in [0.15, 0.2) is 48.5 Å². The maximum absolute atomic E-state index is 13.4. The number of ether oxygens (including phenoxy) is 1. The highest BCUT2D eigenvalue weighted by Crippen LogP contribution is 2.14. The Labute approximate surface area is 118 Å². The van der Waals surface area contributed by atoms with Crippen LogP contribution in [0.5, 0.6) is 5.75 Å². The van der Waals surface area contributed by atoms with Gasteiger partial charge in [0.1, 0.15) is 17.3 Å². The van der Waals surface area contributed by atoms with Gasteiger partial charge in [0.25, 0.3) is 0 Å². The van der Waals surface area contributed by atoms with Crippen LogP contribution in [0.2, 0.25) is 0 Å². The number of halogens is 1. The normalized spacial score (nSPS) is 10.3. The highest BCUT2D eigenvalue weighted by molar-refractivity contribution is 5.81. The van der Waals surface area contributed by atoms with Gasteiger partial charge < -0.3 is 4.74 Å². The number of hydrogen-bond donors (Lipinski definition) is 0. The van der Waals surface area contributed by atoms with Gasteiger partial charge in [-0.25, -0.2) is 4.39 Å². The number of ketones is 1. The predicted molar refractivity (Wildman–Crippen MR) is 76.4 cm³/mol. The zero-order chi connectivity index (χ0) is 14.4. The zero-order valence-corrected chi connectivity index (χ0v) is 11.4. The quantitative estimate of drug-likeness (QED) is 0.803. The number of hydrogen-bond acceptors (Lipinski definition) is 2. The van der Waals surface area contributed by atoms with E-state index in [1.54, 1.807) is 25.3 Å². The highest BCUT2D eigenvalue weighted by Gasteiger charge is 2.08. The Morgan fingerprint density at radius 2 is 1.80 bits per heavy atom. The van der Waals surface area contributed by atoms with Crippen molar-refractivity contribution in [1.29, 1.82) is 0 Å². The SMILES string of the molecule is COc1ccc(CCC(=O)Cc2ccccc2F)cc1. The van der Waals surface area contributed by atoms with Gasteiger partial charge in [0.15, 0.2) is 0 Å². The first kappa shape index (κ1) is 14.3. The molecule has 104 valence electrons. The van der Waals surface area contributed by atoms with Gasteiger partial charge in [0.2, 0.25) is 0 Å². The molecule has 0 spiro atoms. The van der Waals surface area contributed by atoms with Crippen LogP contribution in [0.1, 0.15) is 17.5 Å². The number of aryl methyl sites for hydroxylation is 1. The average Bonchev–Trinajstić information content (AvgIpc) is 2.48. The van der Waals surface area contributed by atoms with E-state index in [1.807, 2.05) is 24.3 Å². The standard InChI is InChI=1S/C17H17FO2/c1-20-16-10-7-13(8-11-16)6-9-15(19)12-14-4-2-3-5-17(14)18/h2-5,7-8,10-11H,6,9,12H2,1H3. The summed E-state index contributed by atoms with van der Waals surface area (Å²) in [7, 11) is 1.62. The number of rotatable bonds is 6. The van der Waals surface area contributed by atoms with E-state index in [9.17, 15) is 9.18 Å². The van der Waals surface area contributed by atoms with Gasteiger partial charge in [0, 0.05) is 12.8 Å². The third kappa shape index (κ3) is 3.92. The smallest absolute Gasteiger partial charge is 0.137 e. The molecule has 0 atom stereocenters. The summed E-state index contributed by atoms with van der Waals surface area (Å²) in [5.74, 6) is 0.530. The largest absolute Gasteiger partial charge is 0.497 e. The van der Waals surface area contributed by atoms with Gasteiger partial charge in [-0.2, -0.15) is 0 Å². The van der Waals surface area contributed by atoms with Crippen molar-refractivity contribution in [1.82, 2.24) is 0 Å². The molecule has 0 aromatic heterocycles. The minimum atomic E-state index is -0.315. The number of carbonyl (C=O) groups excluding carboxylic acids is 1. The summed E-state index contributed by atoms with van der Waals surface area (Å²) >= 11 is 0. The molecule has 0 saturated carbocycles. The minimum absolute atomic E-state index is 0.0471. The van der Waals surface area contributed by atoms with Crippen molar-refractivity contribution in [2.75, 3.05) is 7.11 Å². The summed E-state index contributed by atoms with van der Waals surface area (Å²) in [5, 5.41) is 0. The van der Waals surface area contributed by atoms with Crippen LogP contribution in [0.25, 0.3) is 0 Å². The number of methoxy groups -OCH3 is 1. The van der Waals surface area contributed by atoms with E-state index in [0.717, 1.165) is 11.3 Å². The molecule has 20 heavy (non-hydrogen) atoms.